The average molecular weight is 316 g/mol. The van der Waals surface area contributed by atoms with Crippen LogP contribution in [-0.2, 0) is 16.1 Å². The van der Waals surface area contributed by atoms with Crippen LogP contribution in [0.1, 0.15) is 18.4 Å². The van der Waals surface area contributed by atoms with Crippen molar-refractivity contribution < 1.29 is 9.59 Å². The fraction of sp³-hybridized carbons (Fsp3) is 0.588. The van der Waals surface area contributed by atoms with Crippen molar-refractivity contribution in [3.8, 4) is 0 Å². The van der Waals surface area contributed by atoms with E-state index in [1.54, 1.807) is 11.9 Å². The van der Waals surface area contributed by atoms with Crippen LogP contribution in [0.2, 0.25) is 0 Å². The molecule has 6 heteroatoms. The molecule has 2 fully saturated rings. The van der Waals surface area contributed by atoms with Gasteiger partial charge in [0, 0.05) is 71.0 Å². The second kappa shape index (κ2) is 7.08. The largest absolute Gasteiger partial charge is 0.346 e. The molecule has 0 N–H and O–H groups in total. The second-order valence-electron chi connectivity index (χ2n) is 6.46. The number of amides is 2. The molecule has 2 aliphatic heterocycles. The highest BCUT2D eigenvalue weighted by Crippen LogP contribution is 2.20. The molecule has 0 saturated carbocycles. The predicted molar refractivity (Wildman–Crippen MR) is 86.5 cm³/mol. The third-order valence-corrected chi connectivity index (χ3v) is 4.85. The summed E-state index contributed by atoms with van der Waals surface area (Å²) in [6.45, 7) is 4.87. The van der Waals surface area contributed by atoms with Crippen LogP contribution in [0.25, 0.3) is 0 Å². The van der Waals surface area contributed by atoms with Gasteiger partial charge in [-0.3, -0.25) is 19.5 Å². The van der Waals surface area contributed by atoms with Crippen molar-refractivity contribution in [3.05, 3.63) is 30.1 Å². The van der Waals surface area contributed by atoms with E-state index in [-0.39, 0.29) is 17.7 Å². The topological polar surface area (TPSA) is 56.8 Å². The second-order valence-corrected chi connectivity index (χ2v) is 6.46. The molecule has 0 radical (unpaired) electrons. The number of pyridine rings is 1. The van der Waals surface area contributed by atoms with E-state index in [1.165, 1.54) is 5.56 Å². The highest BCUT2D eigenvalue weighted by atomic mass is 16.2. The maximum absolute atomic E-state index is 12.6. The summed E-state index contributed by atoms with van der Waals surface area (Å²) >= 11 is 0. The Labute approximate surface area is 137 Å². The zero-order valence-corrected chi connectivity index (χ0v) is 13.6. The molecule has 3 rings (SSSR count). The maximum atomic E-state index is 12.6. The van der Waals surface area contributed by atoms with Crippen molar-refractivity contribution in [2.75, 3.05) is 39.8 Å². The Morgan fingerprint density at radius 2 is 1.87 bits per heavy atom. The number of rotatable bonds is 3. The molecule has 3 heterocycles. The van der Waals surface area contributed by atoms with Crippen molar-refractivity contribution >= 4 is 11.8 Å². The Bertz CT molecular complexity index is 555. The van der Waals surface area contributed by atoms with Crippen LogP contribution < -0.4 is 0 Å². The van der Waals surface area contributed by atoms with Gasteiger partial charge in [0.2, 0.25) is 11.8 Å². The lowest BCUT2D eigenvalue weighted by molar-refractivity contribution is -0.145. The van der Waals surface area contributed by atoms with Crippen LogP contribution in [0.5, 0.6) is 0 Å². The molecule has 6 nitrogen and oxygen atoms in total. The fourth-order valence-corrected chi connectivity index (χ4v) is 3.28. The SMILES string of the molecule is CN1CC[C@H](C(=O)N2CCN(Cc3ccncc3)CC2)CC1=O. The molecule has 2 amide bonds. The number of aromatic nitrogens is 1. The predicted octanol–water partition coefficient (Wildman–Crippen LogP) is 0.594. The van der Waals surface area contributed by atoms with Crippen molar-refractivity contribution in [1.29, 1.82) is 0 Å². The number of piperazine rings is 1. The molecular formula is C17H24N4O2. The lowest BCUT2D eigenvalue weighted by Crippen LogP contribution is -2.51. The van der Waals surface area contributed by atoms with Crippen LogP contribution in [0.3, 0.4) is 0 Å². The van der Waals surface area contributed by atoms with Gasteiger partial charge in [0.25, 0.3) is 0 Å². The molecule has 124 valence electrons. The van der Waals surface area contributed by atoms with E-state index in [4.69, 9.17) is 0 Å². The Hall–Kier alpha value is -1.95. The lowest BCUT2D eigenvalue weighted by atomic mass is 9.94. The van der Waals surface area contributed by atoms with Gasteiger partial charge >= 0.3 is 0 Å². The zero-order chi connectivity index (χ0) is 16.2. The first-order valence-corrected chi connectivity index (χ1v) is 8.27. The molecule has 1 aromatic heterocycles. The van der Waals surface area contributed by atoms with Crippen LogP contribution in [0.4, 0.5) is 0 Å². The third-order valence-electron chi connectivity index (χ3n) is 4.85. The highest BCUT2D eigenvalue weighted by molar-refractivity contribution is 5.87. The Kier molecular flexibility index (Phi) is 4.91. The van der Waals surface area contributed by atoms with Gasteiger partial charge in [0.05, 0.1) is 0 Å². The number of carbonyl (C=O) groups excluding carboxylic acids is 2. The smallest absolute Gasteiger partial charge is 0.226 e. The Morgan fingerprint density at radius 3 is 2.52 bits per heavy atom. The van der Waals surface area contributed by atoms with Gasteiger partial charge in [0.1, 0.15) is 0 Å². The summed E-state index contributed by atoms with van der Waals surface area (Å²) in [6, 6.07) is 4.06. The summed E-state index contributed by atoms with van der Waals surface area (Å²) in [5.41, 5.74) is 1.25. The Balaban J connectivity index is 1.49. The van der Waals surface area contributed by atoms with Gasteiger partial charge in [-0.25, -0.2) is 0 Å². The minimum atomic E-state index is -0.120. The molecule has 0 aliphatic carbocycles. The summed E-state index contributed by atoms with van der Waals surface area (Å²) in [4.78, 5) is 34.4. The van der Waals surface area contributed by atoms with Gasteiger partial charge in [-0.2, -0.15) is 0 Å². The molecule has 0 aromatic carbocycles. The number of hydrogen-bond acceptors (Lipinski definition) is 4. The first kappa shape index (κ1) is 15.9. The number of nitrogens with zero attached hydrogens (tertiary/aromatic N) is 4. The number of hydrogen-bond donors (Lipinski definition) is 0. The van der Waals surface area contributed by atoms with Crippen molar-refractivity contribution in [3.63, 3.8) is 0 Å². The zero-order valence-electron chi connectivity index (χ0n) is 13.6. The summed E-state index contributed by atoms with van der Waals surface area (Å²) in [5.74, 6) is 0.131. The maximum Gasteiger partial charge on any atom is 0.226 e. The summed E-state index contributed by atoms with van der Waals surface area (Å²) in [7, 11) is 1.81. The van der Waals surface area contributed by atoms with E-state index in [1.807, 2.05) is 29.4 Å². The normalized spacial score (nSPS) is 23.2. The number of piperidine rings is 1. The van der Waals surface area contributed by atoms with E-state index >= 15 is 0 Å². The summed E-state index contributed by atoms with van der Waals surface area (Å²) < 4.78 is 0. The Morgan fingerprint density at radius 1 is 1.17 bits per heavy atom. The fourth-order valence-electron chi connectivity index (χ4n) is 3.28. The molecular weight excluding hydrogens is 292 g/mol. The van der Waals surface area contributed by atoms with Gasteiger partial charge < -0.3 is 9.80 Å². The van der Waals surface area contributed by atoms with Gasteiger partial charge in [0.15, 0.2) is 0 Å². The van der Waals surface area contributed by atoms with Crippen LogP contribution in [0.15, 0.2) is 24.5 Å². The minimum absolute atomic E-state index is 0.0888. The van der Waals surface area contributed by atoms with Gasteiger partial charge in [-0.1, -0.05) is 0 Å². The molecule has 1 atom stereocenters. The summed E-state index contributed by atoms with van der Waals surface area (Å²) in [6.07, 6.45) is 4.78. The van der Waals surface area contributed by atoms with Crippen molar-refractivity contribution in [2.24, 2.45) is 5.92 Å². The van der Waals surface area contributed by atoms with Crippen LogP contribution in [-0.4, -0.2) is 71.3 Å². The third kappa shape index (κ3) is 3.88. The van der Waals surface area contributed by atoms with E-state index in [0.29, 0.717) is 13.0 Å². The molecule has 0 bridgehead atoms. The molecule has 2 saturated heterocycles. The monoisotopic (exact) mass is 316 g/mol. The summed E-state index contributed by atoms with van der Waals surface area (Å²) in [5, 5.41) is 0. The first-order chi connectivity index (χ1) is 11.1. The standard InChI is InChI=1S/C17H24N4O2/c1-19-7-4-15(12-16(19)22)17(23)21-10-8-20(9-11-21)13-14-2-5-18-6-3-14/h2-3,5-6,15H,4,7-13H2,1H3/t15-/m0/s1. The first-order valence-electron chi connectivity index (χ1n) is 8.27. The van der Waals surface area contributed by atoms with Crippen LogP contribution in [0, 0.1) is 5.92 Å². The molecule has 2 aliphatic rings. The van der Waals surface area contributed by atoms with Gasteiger partial charge in [-0.15, -0.1) is 0 Å². The lowest BCUT2D eigenvalue weighted by Gasteiger charge is -2.37. The van der Waals surface area contributed by atoms with E-state index in [9.17, 15) is 9.59 Å². The molecule has 23 heavy (non-hydrogen) atoms. The molecule has 0 spiro atoms. The van der Waals surface area contributed by atoms with Crippen LogP contribution >= 0.6 is 0 Å². The van der Waals surface area contributed by atoms with Crippen molar-refractivity contribution in [1.82, 2.24) is 19.7 Å². The van der Waals surface area contributed by atoms with E-state index in [2.05, 4.69) is 9.88 Å². The van der Waals surface area contributed by atoms with Crippen molar-refractivity contribution in [2.45, 2.75) is 19.4 Å². The number of carbonyl (C=O) groups is 2. The van der Waals surface area contributed by atoms with E-state index in [0.717, 1.165) is 39.1 Å². The quantitative estimate of drug-likeness (QED) is 0.819. The highest BCUT2D eigenvalue weighted by Gasteiger charge is 2.32. The van der Waals surface area contributed by atoms with Gasteiger partial charge in [-0.05, 0) is 24.1 Å². The number of likely N-dealkylation sites (tertiary alicyclic amines) is 1. The molecule has 0 unspecified atom stereocenters. The minimum Gasteiger partial charge on any atom is -0.346 e. The molecule has 1 aromatic rings. The van der Waals surface area contributed by atoms with E-state index < -0.39 is 0 Å². The average Bonchev–Trinajstić information content (AvgIpc) is 2.58.